The molecule has 4 heterocycles. The van der Waals surface area contributed by atoms with Crippen molar-refractivity contribution in [2.75, 3.05) is 27.5 Å². The average Bonchev–Trinajstić information content (AvgIpc) is 3.62. The number of nitrogens with one attached hydrogen (secondary N) is 2. The van der Waals surface area contributed by atoms with Gasteiger partial charge in [0.1, 0.15) is 12.1 Å². The van der Waals surface area contributed by atoms with Gasteiger partial charge in [-0.15, -0.1) is 0 Å². The van der Waals surface area contributed by atoms with Crippen molar-refractivity contribution in [2.24, 2.45) is 0 Å². The van der Waals surface area contributed by atoms with E-state index in [1.54, 1.807) is 0 Å². The smallest absolute Gasteiger partial charge is 0.416 e. The van der Waals surface area contributed by atoms with Gasteiger partial charge in [0.25, 0.3) is 0 Å². The van der Waals surface area contributed by atoms with Crippen LogP contribution in [0.1, 0.15) is 69.1 Å². The summed E-state index contributed by atoms with van der Waals surface area (Å²) in [6.45, 7) is 7.50. The lowest BCUT2D eigenvalue weighted by Crippen LogP contribution is -2.69. The summed E-state index contributed by atoms with van der Waals surface area (Å²) in [7, 11) is 3.52. The molecule has 3 N–H and O–H groups in total. The Balaban J connectivity index is 1.21. The fraction of sp³-hybridized carbons (Fsp3) is 0.425. The minimum atomic E-state index is -4.52. The van der Waals surface area contributed by atoms with Crippen LogP contribution in [0.5, 0.6) is 23.0 Å². The Morgan fingerprint density at radius 2 is 1.85 bits per heavy atom. The van der Waals surface area contributed by atoms with Crippen molar-refractivity contribution in [2.45, 2.75) is 83.0 Å². The van der Waals surface area contributed by atoms with Crippen LogP contribution >= 0.6 is 0 Å². The highest BCUT2D eigenvalue weighted by molar-refractivity contribution is 5.95. The lowest BCUT2D eigenvalue weighted by molar-refractivity contribution is -0.137. The van der Waals surface area contributed by atoms with Gasteiger partial charge in [0.05, 0.1) is 30.8 Å². The molecular weight excluding hydrogens is 703 g/mol. The Hall–Kier alpha value is -5.26. The van der Waals surface area contributed by atoms with Crippen molar-refractivity contribution < 1.29 is 42.1 Å². The molecule has 4 aliphatic heterocycles. The minimum absolute atomic E-state index is 0.0295. The number of phenols is 1. The van der Waals surface area contributed by atoms with Gasteiger partial charge in [0, 0.05) is 35.8 Å². The molecule has 1 fully saturated rings. The largest absolute Gasteiger partial charge is 0.504 e. The van der Waals surface area contributed by atoms with Gasteiger partial charge in [0.2, 0.25) is 18.6 Å². The molecule has 3 aromatic rings. The Bertz CT molecular complexity index is 2110. The number of rotatable bonds is 7. The van der Waals surface area contributed by atoms with Crippen LogP contribution in [0.15, 0.2) is 36.4 Å². The summed E-state index contributed by atoms with van der Waals surface area (Å²) < 4.78 is 57.1. The van der Waals surface area contributed by atoms with Crippen LogP contribution in [0.25, 0.3) is 6.08 Å². The van der Waals surface area contributed by atoms with Crippen molar-refractivity contribution in [3.63, 3.8) is 0 Å². The molecule has 7 rings (SSSR count). The number of fused-ring (bicyclic) bond motifs is 9. The molecule has 0 radical (unpaired) electrons. The number of amides is 2. The Morgan fingerprint density at radius 1 is 1.11 bits per heavy atom. The summed E-state index contributed by atoms with van der Waals surface area (Å²) in [5.41, 5.74) is 5.69. The number of likely N-dealkylation sites (N-methyl/N-ethyl adjacent to an activating group) is 1. The quantitative estimate of drug-likeness (QED) is 0.280. The summed E-state index contributed by atoms with van der Waals surface area (Å²) in [6, 6.07) is 6.16. The number of hydrogen-bond donors (Lipinski definition) is 3. The van der Waals surface area contributed by atoms with Crippen molar-refractivity contribution in [1.29, 1.82) is 5.26 Å². The summed E-state index contributed by atoms with van der Waals surface area (Å²) in [5, 5.41) is 28.1. The zero-order chi connectivity index (χ0) is 38.8. The standard InChI is InChI=1S/C40H42F3N5O6/c1-19-12-24-14-27-29(16-44)48-28(34(47(27)5)32(24)35(50)36(19)52-6)15-26-20(2)21(3)37-38(54-18-53-37)33(26)30(48)17-45-39(51)22(4)46-31(49)11-10-23-8-7-9-25(13-23)40(41,42)43/h7-13,22,27-30,34,50H,14-15,17-18H2,1-6H3,(H,45,51)(H,46,49)/b11-10+/t22-,27+,28?,29+,30+,34+/m1/s1. The van der Waals surface area contributed by atoms with E-state index in [9.17, 15) is 33.1 Å². The number of methoxy groups -OCH3 is 1. The van der Waals surface area contributed by atoms with Gasteiger partial charge in [-0.1, -0.05) is 18.2 Å². The molecule has 0 spiro atoms. The van der Waals surface area contributed by atoms with Crippen LogP contribution in [0.4, 0.5) is 13.2 Å². The number of ether oxygens (including phenoxy) is 3. The first-order chi connectivity index (χ1) is 25.7. The van der Waals surface area contributed by atoms with Crippen LogP contribution in [-0.4, -0.2) is 78.4 Å². The maximum atomic E-state index is 13.6. The molecule has 284 valence electrons. The van der Waals surface area contributed by atoms with Crippen molar-refractivity contribution >= 4 is 17.9 Å². The number of aromatic hydroxyl groups is 1. The van der Waals surface area contributed by atoms with Crippen molar-refractivity contribution in [3.8, 4) is 29.1 Å². The Kier molecular flexibility index (Phi) is 9.52. The average molecular weight is 746 g/mol. The van der Waals surface area contributed by atoms with Crippen LogP contribution in [0, 0.1) is 32.1 Å². The maximum Gasteiger partial charge on any atom is 0.416 e. The number of piperazine rings is 1. The first kappa shape index (κ1) is 37.1. The highest BCUT2D eigenvalue weighted by atomic mass is 19.4. The number of aryl methyl sites for hydroxylation is 1. The maximum absolute atomic E-state index is 13.6. The summed E-state index contributed by atoms with van der Waals surface area (Å²) in [4.78, 5) is 30.7. The molecule has 2 bridgehead atoms. The number of halogens is 3. The molecule has 1 saturated heterocycles. The number of nitriles is 1. The fourth-order valence-corrected chi connectivity index (χ4v) is 8.90. The molecule has 14 heteroatoms. The third-order valence-corrected chi connectivity index (χ3v) is 11.5. The molecular formula is C40H42F3N5O6. The van der Waals surface area contributed by atoms with Crippen LogP contribution in [-0.2, 0) is 28.6 Å². The number of alkyl halides is 3. The van der Waals surface area contributed by atoms with E-state index in [-0.39, 0.29) is 42.8 Å². The number of phenolic OH excluding ortho intramolecular Hbond substituents is 1. The second-order valence-corrected chi connectivity index (χ2v) is 14.5. The van der Waals surface area contributed by atoms with E-state index in [4.69, 9.17) is 14.2 Å². The summed E-state index contributed by atoms with van der Waals surface area (Å²) in [6.07, 6.45) is -1.15. The first-order valence-corrected chi connectivity index (χ1v) is 17.8. The lowest BCUT2D eigenvalue weighted by atomic mass is 9.71. The number of hydrogen-bond acceptors (Lipinski definition) is 9. The van der Waals surface area contributed by atoms with Crippen molar-refractivity contribution in [3.05, 3.63) is 86.5 Å². The molecule has 11 nitrogen and oxygen atoms in total. The Labute approximate surface area is 311 Å². The third-order valence-electron chi connectivity index (χ3n) is 11.5. The zero-order valence-electron chi connectivity index (χ0n) is 30.8. The molecule has 4 aliphatic rings. The number of carbonyl (C=O) groups excluding carboxylic acids is 2. The van der Waals surface area contributed by atoms with E-state index in [0.29, 0.717) is 30.1 Å². The molecule has 3 aromatic carbocycles. The van der Waals surface area contributed by atoms with Gasteiger partial charge in [-0.25, -0.2) is 0 Å². The van der Waals surface area contributed by atoms with Crippen LogP contribution in [0.2, 0.25) is 0 Å². The molecule has 1 unspecified atom stereocenters. The van der Waals surface area contributed by atoms with E-state index in [1.165, 1.54) is 32.2 Å². The van der Waals surface area contributed by atoms with Crippen molar-refractivity contribution in [1.82, 2.24) is 20.4 Å². The fourth-order valence-electron chi connectivity index (χ4n) is 8.90. The third kappa shape index (κ3) is 6.09. The SMILES string of the molecule is COc1c(C)cc2c(c1O)[C@@H]1C3Cc4c(C)c(C)c5c(c4[C@H](CNC(=O)[C@@H](C)NC(=O)/C=C/c4cccc(C(F)(F)F)c4)N3[C@@H](C#N)[C@H](C2)N1C)OCO5. The number of carbonyl (C=O) groups is 2. The van der Waals surface area contributed by atoms with Crippen LogP contribution < -0.4 is 24.8 Å². The highest BCUT2D eigenvalue weighted by Gasteiger charge is 2.56. The molecule has 54 heavy (non-hydrogen) atoms. The summed E-state index contributed by atoms with van der Waals surface area (Å²) >= 11 is 0. The van der Waals surface area contributed by atoms with Gasteiger partial charge in [-0.05, 0) is 99.2 Å². The molecule has 0 saturated carbocycles. The first-order valence-electron chi connectivity index (χ1n) is 17.8. The highest BCUT2D eigenvalue weighted by Crippen LogP contribution is 2.57. The monoisotopic (exact) mass is 745 g/mol. The number of benzene rings is 3. The van der Waals surface area contributed by atoms with Gasteiger partial charge in [-0.2, -0.15) is 18.4 Å². The molecule has 0 aromatic heterocycles. The minimum Gasteiger partial charge on any atom is -0.504 e. The van der Waals surface area contributed by atoms with E-state index in [2.05, 4.69) is 26.5 Å². The Morgan fingerprint density at radius 3 is 2.56 bits per heavy atom. The van der Waals surface area contributed by atoms with Gasteiger partial charge in [0.15, 0.2) is 23.0 Å². The van der Waals surface area contributed by atoms with Crippen LogP contribution in [0.3, 0.4) is 0 Å². The molecule has 0 aliphatic carbocycles. The molecule has 2 amide bonds. The normalized spacial score (nSPS) is 23.5. The second-order valence-electron chi connectivity index (χ2n) is 14.5. The second kappa shape index (κ2) is 13.9. The van der Waals surface area contributed by atoms with E-state index < -0.39 is 41.7 Å². The van der Waals surface area contributed by atoms with E-state index in [0.717, 1.165) is 57.2 Å². The zero-order valence-corrected chi connectivity index (χ0v) is 30.8. The topological polar surface area (TPSA) is 136 Å². The molecule has 6 atom stereocenters. The van der Waals surface area contributed by atoms with Gasteiger partial charge >= 0.3 is 6.18 Å². The predicted molar refractivity (Wildman–Crippen MR) is 192 cm³/mol. The van der Waals surface area contributed by atoms with Gasteiger partial charge < -0.3 is 30.0 Å². The van der Waals surface area contributed by atoms with Gasteiger partial charge in [-0.3, -0.25) is 19.4 Å². The predicted octanol–water partition coefficient (Wildman–Crippen LogP) is 5.18. The lowest BCUT2D eigenvalue weighted by Gasteiger charge is -2.60. The van der Waals surface area contributed by atoms with E-state index in [1.807, 2.05) is 33.9 Å². The summed E-state index contributed by atoms with van der Waals surface area (Å²) in [5.74, 6) is 0.537. The number of nitrogens with zero attached hydrogens (tertiary/aromatic N) is 3. The van der Waals surface area contributed by atoms with E-state index >= 15 is 0 Å².